The lowest BCUT2D eigenvalue weighted by atomic mass is 10.1. The molecule has 1 saturated carbocycles. The van der Waals surface area contributed by atoms with Gasteiger partial charge >= 0.3 is 0 Å². The van der Waals surface area contributed by atoms with Crippen molar-refractivity contribution in [2.24, 2.45) is 0 Å². The van der Waals surface area contributed by atoms with E-state index in [1.165, 1.54) is 31.9 Å². The van der Waals surface area contributed by atoms with E-state index in [1.54, 1.807) is 0 Å². The van der Waals surface area contributed by atoms with Crippen LogP contribution < -0.4 is 10.0 Å². The molecule has 2 rings (SSSR count). The largest absolute Gasteiger partial charge is 0.309 e. The zero-order valence-corrected chi connectivity index (χ0v) is 13.9. The Labute approximate surface area is 127 Å². The Morgan fingerprint density at radius 2 is 2.05 bits per heavy atom. The number of aromatic nitrogens is 2. The van der Waals surface area contributed by atoms with E-state index in [0.717, 1.165) is 5.69 Å². The highest BCUT2D eigenvalue weighted by atomic mass is 32.2. The summed E-state index contributed by atoms with van der Waals surface area (Å²) in [6, 6.07) is 2.59. The molecule has 1 aliphatic carbocycles. The van der Waals surface area contributed by atoms with Crippen molar-refractivity contribution in [3.63, 3.8) is 0 Å². The summed E-state index contributed by atoms with van der Waals surface area (Å²) in [5, 5.41) is 7.87. The zero-order valence-electron chi connectivity index (χ0n) is 13.1. The summed E-state index contributed by atoms with van der Waals surface area (Å²) in [4.78, 5) is 0. The van der Waals surface area contributed by atoms with E-state index >= 15 is 0 Å². The van der Waals surface area contributed by atoms with Gasteiger partial charge in [0.2, 0.25) is 10.0 Å². The average Bonchev–Trinajstić information content (AvgIpc) is 2.94. The Hall–Kier alpha value is -0.920. The van der Waals surface area contributed by atoms with Gasteiger partial charge in [0, 0.05) is 24.8 Å². The average molecular weight is 314 g/mol. The van der Waals surface area contributed by atoms with Crippen molar-refractivity contribution in [3.8, 4) is 0 Å². The normalized spacial score (nSPS) is 17.5. The van der Waals surface area contributed by atoms with E-state index in [-0.39, 0.29) is 0 Å². The summed E-state index contributed by atoms with van der Waals surface area (Å²) in [5.41, 5.74) is 0.485. The molecule has 21 heavy (non-hydrogen) atoms. The molecular weight excluding hydrogens is 288 g/mol. The van der Waals surface area contributed by atoms with Gasteiger partial charge in [0.05, 0.1) is 18.0 Å². The van der Waals surface area contributed by atoms with E-state index < -0.39 is 15.6 Å². The minimum atomic E-state index is -3.19. The van der Waals surface area contributed by atoms with Crippen molar-refractivity contribution in [2.75, 3.05) is 12.8 Å². The van der Waals surface area contributed by atoms with Gasteiger partial charge in [-0.15, -0.1) is 0 Å². The molecule has 0 spiro atoms. The number of hydrogen-bond acceptors (Lipinski definition) is 4. The standard InChI is InChI=1S/C14H26N4O2S/c1-14(2,17-21(3,19)20)11-15-10-12-8-9-18(16-12)13-6-4-5-7-13/h8-9,13,15,17H,4-7,10-11H2,1-3H3. The second-order valence-electron chi connectivity index (χ2n) is 6.59. The summed E-state index contributed by atoms with van der Waals surface area (Å²) in [6.07, 6.45) is 8.26. The Bertz CT molecular complexity index is 559. The van der Waals surface area contributed by atoms with Crippen LogP contribution in [0.25, 0.3) is 0 Å². The van der Waals surface area contributed by atoms with Gasteiger partial charge in [-0.3, -0.25) is 4.68 Å². The van der Waals surface area contributed by atoms with Crippen molar-refractivity contribution in [3.05, 3.63) is 18.0 Å². The van der Waals surface area contributed by atoms with Crippen molar-refractivity contribution in [1.82, 2.24) is 19.8 Å². The minimum Gasteiger partial charge on any atom is -0.309 e. The SMILES string of the molecule is CC(C)(CNCc1ccn(C2CCCC2)n1)NS(C)(=O)=O. The fourth-order valence-corrected chi connectivity index (χ4v) is 3.96. The predicted octanol–water partition coefficient (Wildman–Crippen LogP) is 1.42. The molecule has 2 N–H and O–H groups in total. The third-order valence-electron chi connectivity index (χ3n) is 3.70. The van der Waals surface area contributed by atoms with Gasteiger partial charge in [-0.1, -0.05) is 12.8 Å². The highest BCUT2D eigenvalue weighted by molar-refractivity contribution is 7.88. The predicted molar refractivity (Wildman–Crippen MR) is 83.5 cm³/mol. The Balaban J connectivity index is 1.80. The van der Waals surface area contributed by atoms with Gasteiger partial charge in [0.25, 0.3) is 0 Å². The van der Waals surface area contributed by atoms with Gasteiger partial charge in [-0.2, -0.15) is 5.10 Å². The first-order chi connectivity index (χ1) is 9.75. The van der Waals surface area contributed by atoms with E-state index in [2.05, 4.69) is 19.8 Å². The highest BCUT2D eigenvalue weighted by Crippen LogP contribution is 2.28. The maximum Gasteiger partial charge on any atom is 0.209 e. The van der Waals surface area contributed by atoms with Crippen molar-refractivity contribution in [1.29, 1.82) is 0 Å². The van der Waals surface area contributed by atoms with Crippen LogP contribution in [-0.2, 0) is 16.6 Å². The van der Waals surface area contributed by atoms with Crippen LogP contribution in [-0.4, -0.2) is 36.5 Å². The van der Waals surface area contributed by atoms with Gasteiger partial charge in [0.1, 0.15) is 0 Å². The lowest BCUT2D eigenvalue weighted by Crippen LogP contribution is -2.49. The fourth-order valence-electron chi connectivity index (χ4n) is 2.88. The second kappa shape index (κ2) is 6.46. The zero-order chi connectivity index (χ0) is 15.5. The van der Waals surface area contributed by atoms with Crippen molar-refractivity contribution < 1.29 is 8.42 Å². The highest BCUT2D eigenvalue weighted by Gasteiger charge is 2.22. The molecule has 6 nitrogen and oxygen atoms in total. The number of nitrogens with one attached hydrogen (secondary N) is 2. The van der Waals surface area contributed by atoms with E-state index in [9.17, 15) is 8.42 Å². The van der Waals surface area contributed by atoms with Crippen LogP contribution in [0.3, 0.4) is 0 Å². The summed E-state index contributed by atoms with van der Waals surface area (Å²) in [6.45, 7) is 4.92. The molecule has 0 aromatic carbocycles. The summed E-state index contributed by atoms with van der Waals surface area (Å²) in [7, 11) is -3.19. The smallest absolute Gasteiger partial charge is 0.209 e. The maximum absolute atomic E-state index is 11.3. The molecule has 1 aliphatic rings. The Morgan fingerprint density at radius 1 is 1.38 bits per heavy atom. The quantitative estimate of drug-likeness (QED) is 0.798. The molecule has 0 atom stereocenters. The number of rotatable bonds is 7. The first kappa shape index (κ1) is 16.5. The summed E-state index contributed by atoms with van der Waals surface area (Å²) >= 11 is 0. The molecule has 0 bridgehead atoms. The third-order valence-corrected chi connectivity index (χ3v) is 4.62. The van der Waals surface area contributed by atoms with E-state index in [1.807, 2.05) is 26.1 Å². The van der Waals surface area contributed by atoms with E-state index in [4.69, 9.17) is 0 Å². The van der Waals surface area contributed by atoms with E-state index in [0.29, 0.717) is 19.1 Å². The van der Waals surface area contributed by atoms with Crippen LogP contribution in [0.15, 0.2) is 12.3 Å². The lowest BCUT2D eigenvalue weighted by Gasteiger charge is -2.25. The van der Waals surface area contributed by atoms with Gasteiger partial charge < -0.3 is 5.32 Å². The molecule has 0 radical (unpaired) electrons. The monoisotopic (exact) mass is 314 g/mol. The molecule has 1 heterocycles. The van der Waals surface area contributed by atoms with Gasteiger partial charge in [-0.05, 0) is 32.8 Å². The van der Waals surface area contributed by atoms with Crippen molar-refractivity contribution in [2.45, 2.75) is 57.7 Å². The Kier molecular flexibility index (Phi) is 5.06. The first-order valence-corrected chi connectivity index (χ1v) is 9.38. The molecule has 0 unspecified atom stereocenters. The van der Waals surface area contributed by atoms with Crippen LogP contribution in [0.5, 0.6) is 0 Å². The number of hydrogen-bond donors (Lipinski definition) is 2. The molecule has 1 fully saturated rings. The maximum atomic E-state index is 11.3. The van der Waals surface area contributed by atoms with Crippen LogP contribution in [0.1, 0.15) is 51.3 Å². The molecule has 0 aliphatic heterocycles. The topological polar surface area (TPSA) is 76.0 Å². The molecule has 1 aromatic rings. The molecular formula is C14H26N4O2S. The minimum absolute atomic E-state index is 0.512. The van der Waals surface area contributed by atoms with Gasteiger partial charge in [0.15, 0.2) is 0 Å². The molecule has 120 valence electrons. The number of nitrogens with zero attached hydrogens (tertiary/aromatic N) is 2. The number of sulfonamides is 1. The second-order valence-corrected chi connectivity index (χ2v) is 8.34. The molecule has 0 saturated heterocycles. The fraction of sp³-hybridized carbons (Fsp3) is 0.786. The van der Waals surface area contributed by atoms with Crippen LogP contribution >= 0.6 is 0 Å². The van der Waals surface area contributed by atoms with Crippen LogP contribution in [0, 0.1) is 0 Å². The molecule has 1 aromatic heterocycles. The molecule has 7 heteroatoms. The van der Waals surface area contributed by atoms with Crippen molar-refractivity contribution >= 4 is 10.0 Å². The Morgan fingerprint density at radius 3 is 2.67 bits per heavy atom. The van der Waals surface area contributed by atoms with Crippen LogP contribution in [0.4, 0.5) is 0 Å². The summed E-state index contributed by atoms with van der Waals surface area (Å²) < 4.78 is 27.2. The van der Waals surface area contributed by atoms with Gasteiger partial charge in [-0.25, -0.2) is 13.1 Å². The third kappa shape index (κ3) is 5.41. The lowest BCUT2D eigenvalue weighted by molar-refractivity contribution is 0.416. The first-order valence-electron chi connectivity index (χ1n) is 7.49. The molecule has 0 amide bonds. The van der Waals surface area contributed by atoms with Crippen LogP contribution in [0.2, 0.25) is 0 Å². The summed E-state index contributed by atoms with van der Waals surface area (Å²) in [5.74, 6) is 0.